The highest BCUT2D eigenvalue weighted by Gasteiger charge is 2.37. The highest BCUT2D eigenvalue weighted by molar-refractivity contribution is 5.95. The van der Waals surface area contributed by atoms with Gasteiger partial charge >= 0.3 is 0 Å². The van der Waals surface area contributed by atoms with Gasteiger partial charge in [0.25, 0.3) is 5.91 Å². The Morgan fingerprint density at radius 3 is 3.00 bits per heavy atom. The Morgan fingerprint density at radius 2 is 2.29 bits per heavy atom. The summed E-state index contributed by atoms with van der Waals surface area (Å²) in [5.41, 5.74) is 1.06. The Morgan fingerprint density at radius 1 is 1.53 bits per heavy atom. The third kappa shape index (κ3) is 2.84. The van der Waals surface area contributed by atoms with Crippen LogP contribution in [0.5, 0.6) is 0 Å². The molecular weight excluding hydrogens is 217 g/mol. The van der Waals surface area contributed by atoms with Gasteiger partial charge in [-0.2, -0.15) is 0 Å². The van der Waals surface area contributed by atoms with Gasteiger partial charge in [-0.3, -0.25) is 4.79 Å². The second-order valence-electron chi connectivity index (χ2n) is 4.85. The lowest BCUT2D eigenvalue weighted by atomic mass is 10.1. The van der Waals surface area contributed by atoms with Crippen LogP contribution in [0.15, 0.2) is 18.2 Å². The fraction of sp³-hybridized carbons (Fsp3) is 0.500. The van der Waals surface area contributed by atoms with E-state index < -0.39 is 5.82 Å². The van der Waals surface area contributed by atoms with Crippen molar-refractivity contribution in [3.63, 3.8) is 0 Å². The van der Waals surface area contributed by atoms with Gasteiger partial charge in [0.15, 0.2) is 0 Å². The number of hydrogen-bond acceptors (Lipinski definition) is 1. The maximum Gasteiger partial charge on any atom is 0.254 e. The number of halogens is 1. The number of aryl methyl sites for hydroxylation is 1. The van der Waals surface area contributed by atoms with Gasteiger partial charge in [0.05, 0.1) is 5.56 Å². The number of carbonyl (C=O) groups is 1. The molecule has 1 aromatic carbocycles. The van der Waals surface area contributed by atoms with Crippen LogP contribution in [0.2, 0.25) is 0 Å². The van der Waals surface area contributed by atoms with E-state index in [1.54, 1.807) is 12.1 Å². The summed E-state index contributed by atoms with van der Waals surface area (Å²) in [4.78, 5) is 11.9. The van der Waals surface area contributed by atoms with E-state index in [1.807, 2.05) is 6.92 Å². The molecule has 2 nitrogen and oxygen atoms in total. The van der Waals surface area contributed by atoms with E-state index >= 15 is 0 Å². The molecule has 1 saturated carbocycles. The van der Waals surface area contributed by atoms with E-state index in [-0.39, 0.29) is 17.5 Å². The smallest absolute Gasteiger partial charge is 0.254 e. The van der Waals surface area contributed by atoms with Gasteiger partial charge in [-0.15, -0.1) is 0 Å². The van der Waals surface area contributed by atoms with Crippen LogP contribution in [-0.2, 0) is 0 Å². The molecule has 0 aromatic heterocycles. The van der Waals surface area contributed by atoms with E-state index in [0.717, 1.165) is 24.8 Å². The molecule has 0 saturated heterocycles. The number of hydrogen-bond donors (Lipinski definition) is 1. The quantitative estimate of drug-likeness (QED) is 0.853. The van der Waals surface area contributed by atoms with Crippen molar-refractivity contribution in [2.75, 3.05) is 0 Å². The molecule has 0 aliphatic heterocycles. The van der Waals surface area contributed by atoms with Crippen molar-refractivity contribution >= 4 is 5.91 Å². The van der Waals surface area contributed by atoms with Gasteiger partial charge in [0, 0.05) is 6.04 Å². The lowest BCUT2D eigenvalue weighted by Gasteiger charge is -2.06. The van der Waals surface area contributed by atoms with Crippen molar-refractivity contribution in [2.24, 2.45) is 5.92 Å². The third-order valence-corrected chi connectivity index (χ3v) is 3.27. The Bertz CT molecular complexity index is 430. The SMILES string of the molecule is CCCC1CC1NC(=O)c1cc(C)ccc1F. The zero-order valence-electron chi connectivity index (χ0n) is 10.3. The van der Waals surface area contributed by atoms with Crippen LogP contribution in [0, 0.1) is 18.7 Å². The zero-order chi connectivity index (χ0) is 12.4. The first-order chi connectivity index (χ1) is 8.11. The van der Waals surface area contributed by atoms with Crippen LogP contribution >= 0.6 is 0 Å². The summed E-state index contributed by atoms with van der Waals surface area (Å²) < 4.78 is 13.5. The van der Waals surface area contributed by atoms with E-state index in [4.69, 9.17) is 0 Å². The van der Waals surface area contributed by atoms with Gasteiger partial charge < -0.3 is 5.32 Å². The van der Waals surface area contributed by atoms with Gasteiger partial charge in [-0.1, -0.05) is 25.0 Å². The minimum absolute atomic E-state index is 0.159. The molecule has 3 heteroatoms. The maximum atomic E-state index is 13.5. The molecule has 1 amide bonds. The molecule has 1 aliphatic rings. The van der Waals surface area contributed by atoms with Crippen molar-refractivity contribution in [1.82, 2.24) is 5.32 Å². The lowest BCUT2D eigenvalue weighted by Crippen LogP contribution is -2.27. The van der Waals surface area contributed by atoms with Crippen LogP contribution in [0.3, 0.4) is 0 Å². The monoisotopic (exact) mass is 235 g/mol. The molecule has 92 valence electrons. The summed E-state index contributed by atoms with van der Waals surface area (Å²) in [6.45, 7) is 3.99. The topological polar surface area (TPSA) is 29.1 Å². The largest absolute Gasteiger partial charge is 0.349 e. The van der Waals surface area contributed by atoms with Crippen LogP contribution < -0.4 is 5.32 Å². The van der Waals surface area contributed by atoms with Crippen LogP contribution in [-0.4, -0.2) is 11.9 Å². The number of rotatable bonds is 4. The molecule has 1 aromatic rings. The van der Waals surface area contributed by atoms with Crippen molar-refractivity contribution in [3.05, 3.63) is 35.1 Å². The maximum absolute atomic E-state index is 13.5. The van der Waals surface area contributed by atoms with E-state index in [1.165, 1.54) is 6.07 Å². The highest BCUT2D eigenvalue weighted by atomic mass is 19.1. The molecule has 1 aliphatic carbocycles. The standard InChI is InChI=1S/C14H18FNO/c1-3-4-10-8-13(10)16-14(17)11-7-9(2)5-6-12(11)15/h5-7,10,13H,3-4,8H2,1-2H3,(H,16,17). The molecule has 0 spiro atoms. The van der Waals surface area contributed by atoms with E-state index in [9.17, 15) is 9.18 Å². The van der Waals surface area contributed by atoms with Crippen molar-refractivity contribution < 1.29 is 9.18 Å². The molecule has 2 unspecified atom stereocenters. The van der Waals surface area contributed by atoms with Gasteiger partial charge in [0.1, 0.15) is 5.82 Å². The first-order valence-corrected chi connectivity index (χ1v) is 6.19. The van der Waals surface area contributed by atoms with Gasteiger partial charge in [-0.05, 0) is 37.8 Å². The van der Waals surface area contributed by atoms with Crippen LogP contribution in [0.4, 0.5) is 4.39 Å². The van der Waals surface area contributed by atoms with Gasteiger partial charge in [0.2, 0.25) is 0 Å². The summed E-state index contributed by atoms with van der Waals surface area (Å²) in [6, 6.07) is 4.87. The zero-order valence-corrected chi connectivity index (χ0v) is 10.3. The van der Waals surface area contributed by atoms with E-state index in [0.29, 0.717) is 5.92 Å². The summed E-state index contributed by atoms with van der Waals surface area (Å²) in [6.07, 6.45) is 3.31. The number of carbonyl (C=O) groups excluding carboxylic acids is 1. The Labute approximate surface area is 101 Å². The second-order valence-corrected chi connectivity index (χ2v) is 4.85. The van der Waals surface area contributed by atoms with Crippen molar-refractivity contribution in [3.8, 4) is 0 Å². The Hall–Kier alpha value is -1.38. The minimum atomic E-state index is -0.444. The molecule has 1 N–H and O–H groups in total. The minimum Gasteiger partial charge on any atom is -0.349 e. The summed E-state index contributed by atoms with van der Waals surface area (Å²) >= 11 is 0. The molecule has 0 radical (unpaired) electrons. The molecule has 1 fully saturated rings. The predicted molar refractivity (Wildman–Crippen MR) is 65.4 cm³/mol. The summed E-state index contributed by atoms with van der Waals surface area (Å²) in [7, 11) is 0. The van der Waals surface area contributed by atoms with Gasteiger partial charge in [-0.25, -0.2) is 4.39 Å². The fourth-order valence-electron chi connectivity index (χ4n) is 2.17. The number of amides is 1. The normalized spacial score (nSPS) is 22.3. The molecular formula is C14H18FNO. The first-order valence-electron chi connectivity index (χ1n) is 6.19. The molecule has 17 heavy (non-hydrogen) atoms. The fourth-order valence-corrected chi connectivity index (χ4v) is 2.17. The van der Waals surface area contributed by atoms with Crippen molar-refractivity contribution in [2.45, 2.75) is 39.2 Å². The summed E-state index contributed by atoms with van der Waals surface area (Å²) in [5.74, 6) is -0.132. The van der Waals surface area contributed by atoms with E-state index in [2.05, 4.69) is 12.2 Å². The Kier molecular flexibility index (Phi) is 3.46. The van der Waals surface area contributed by atoms with Crippen molar-refractivity contribution in [1.29, 1.82) is 0 Å². The second kappa shape index (κ2) is 4.86. The average Bonchev–Trinajstić information content (AvgIpc) is 3.00. The molecule has 0 heterocycles. The highest BCUT2D eigenvalue weighted by Crippen LogP contribution is 2.34. The average molecular weight is 235 g/mol. The predicted octanol–water partition coefficient (Wildman–Crippen LogP) is 3.05. The molecule has 0 bridgehead atoms. The number of nitrogens with one attached hydrogen (secondary N) is 1. The Balaban J connectivity index is 1.98. The lowest BCUT2D eigenvalue weighted by molar-refractivity contribution is 0.0944. The summed E-state index contributed by atoms with van der Waals surface area (Å²) in [5, 5.41) is 2.89. The number of benzene rings is 1. The van der Waals surface area contributed by atoms with Crippen LogP contribution in [0.25, 0.3) is 0 Å². The third-order valence-electron chi connectivity index (χ3n) is 3.27. The van der Waals surface area contributed by atoms with Crippen LogP contribution in [0.1, 0.15) is 42.1 Å². The first kappa shape index (κ1) is 12.1. The molecule has 2 atom stereocenters. The molecule has 2 rings (SSSR count).